The van der Waals surface area contributed by atoms with Crippen molar-refractivity contribution in [3.05, 3.63) is 59.7 Å². The molecule has 0 saturated carbocycles. The highest BCUT2D eigenvalue weighted by molar-refractivity contribution is 7.99. The topological polar surface area (TPSA) is 67.4 Å². The van der Waals surface area contributed by atoms with E-state index in [2.05, 4.69) is 22.8 Å². The first-order valence-corrected chi connectivity index (χ1v) is 9.93. The number of hydrogen-bond donors (Lipinski definition) is 2. The van der Waals surface area contributed by atoms with Crippen molar-refractivity contribution in [1.82, 2.24) is 5.32 Å². The smallest absolute Gasteiger partial charge is 0.412 e. The number of benzene rings is 2. The van der Waals surface area contributed by atoms with E-state index in [-0.39, 0.29) is 11.9 Å². The van der Waals surface area contributed by atoms with E-state index in [4.69, 9.17) is 4.74 Å². The molecule has 2 aromatic carbocycles. The second kappa shape index (κ2) is 8.05. The van der Waals surface area contributed by atoms with E-state index in [1.807, 2.05) is 44.7 Å². The SMILES string of the molecule is CC(C)(C)OC(=O)Nc1ccc(C(=O)NC2CCSc3ccccc32)cc1. The molecule has 1 heterocycles. The third-order valence-corrected chi connectivity index (χ3v) is 5.18. The van der Waals surface area contributed by atoms with Crippen LogP contribution in [0.4, 0.5) is 10.5 Å². The minimum absolute atomic E-state index is 0.0227. The molecule has 0 saturated heterocycles. The van der Waals surface area contributed by atoms with Crippen LogP contribution in [0.3, 0.4) is 0 Å². The molecule has 2 N–H and O–H groups in total. The minimum atomic E-state index is -0.557. The highest BCUT2D eigenvalue weighted by atomic mass is 32.2. The van der Waals surface area contributed by atoms with Crippen molar-refractivity contribution in [2.45, 2.75) is 43.7 Å². The largest absolute Gasteiger partial charge is 0.444 e. The van der Waals surface area contributed by atoms with Gasteiger partial charge in [0.1, 0.15) is 5.60 Å². The average molecular weight is 385 g/mol. The van der Waals surface area contributed by atoms with Crippen molar-refractivity contribution in [2.24, 2.45) is 0 Å². The molecule has 3 rings (SSSR count). The molecule has 0 spiro atoms. The van der Waals surface area contributed by atoms with E-state index in [1.165, 1.54) is 10.5 Å². The van der Waals surface area contributed by atoms with Crippen molar-refractivity contribution in [3.8, 4) is 0 Å². The lowest BCUT2D eigenvalue weighted by Crippen LogP contribution is -2.30. The maximum atomic E-state index is 12.6. The van der Waals surface area contributed by atoms with E-state index >= 15 is 0 Å². The summed E-state index contributed by atoms with van der Waals surface area (Å²) in [6.07, 6.45) is 0.391. The lowest BCUT2D eigenvalue weighted by molar-refractivity contribution is 0.0635. The van der Waals surface area contributed by atoms with Gasteiger partial charge in [-0.25, -0.2) is 4.79 Å². The predicted molar refractivity (Wildman–Crippen MR) is 108 cm³/mol. The molecule has 0 radical (unpaired) electrons. The zero-order valence-corrected chi connectivity index (χ0v) is 16.6. The van der Waals surface area contributed by atoms with Crippen LogP contribution in [0.25, 0.3) is 0 Å². The molecule has 2 amide bonds. The standard InChI is InChI=1S/C21H24N2O3S/c1-21(2,3)26-20(25)22-15-10-8-14(9-11-15)19(24)23-17-12-13-27-18-7-5-4-6-16(17)18/h4-11,17H,12-13H2,1-3H3,(H,22,25)(H,23,24). The van der Waals surface area contributed by atoms with E-state index < -0.39 is 11.7 Å². The van der Waals surface area contributed by atoms with Gasteiger partial charge < -0.3 is 10.1 Å². The molecular formula is C21H24N2O3S. The zero-order valence-electron chi connectivity index (χ0n) is 15.7. The number of fused-ring (bicyclic) bond motifs is 1. The molecule has 0 bridgehead atoms. The Labute approximate surface area is 163 Å². The highest BCUT2D eigenvalue weighted by Gasteiger charge is 2.22. The van der Waals surface area contributed by atoms with Gasteiger partial charge in [-0.1, -0.05) is 18.2 Å². The van der Waals surface area contributed by atoms with Gasteiger partial charge in [0.25, 0.3) is 5.91 Å². The summed E-state index contributed by atoms with van der Waals surface area (Å²) in [7, 11) is 0. The Balaban J connectivity index is 1.62. The predicted octanol–water partition coefficient (Wildman–Crippen LogP) is 5.00. The number of thioether (sulfide) groups is 1. The number of anilines is 1. The van der Waals surface area contributed by atoms with Crippen LogP contribution in [0.5, 0.6) is 0 Å². The van der Waals surface area contributed by atoms with E-state index in [1.54, 1.807) is 24.3 Å². The highest BCUT2D eigenvalue weighted by Crippen LogP contribution is 2.35. The van der Waals surface area contributed by atoms with Gasteiger partial charge in [0, 0.05) is 21.9 Å². The van der Waals surface area contributed by atoms with E-state index in [0.717, 1.165) is 12.2 Å². The van der Waals surface area contributed by atoms with Crippen LogP contribution >= 0.6 is 11.8 Å². The maximum absolute atomic E-state index is 12.6. The molecule has 142 valence electrons. The van der Waals surface area contributed by atoms with Gasteiger partial charge >= 0.3 is 6.09 Å². The summed E-state index contributed by atoms with van der Waals surface area (Å²) < 4.78 is 5.22. The number of hydrogen-bond acceptors (Lipinski definition) is 4. The van der Waals surface area contributed by atoms with Crippen LogP contribution in [0, 0.1) is 0 Å². The van der Waals surface area contributed by atoms with Crippen LogP contribution in [0.1, 0.15) is 49.2 Å². The van der Waals surface area contributed by atoms with Gasteiger partial charge in [0.05, 0.1) is 6.04 Å². The summed E-state index contributed by atoms with van der Waals surface area (Å²) in [6, 6.07) is 15.0. The number of rotatable bonds is 3. The molecule has 0 fully saturated rings. The van der Waals surface area contributed by atoms with Crippen molar-refractivity contribution in [2.75, 3.05) is 11.1 Å². The fourth-order valence-electron chi connectivity index (χ4n) is 2.86. The van der Waals surface area contributed by atoms with Crippen LogP contribution in [-0.2, 0) is 4.74 Å². The molecule has 27 heavy (non-hydrogen) atoms. The van der Waals surface area contributed by atoms with Crippen LogP contribution < -0.4 is 10.6 Å². The molecule has 1 aliphatic heterocycles. The van der Waals surface area contributed by atoms with Crippen molar-refractivity contribution < 1.29 is 14.3 Å². The minimum Gasteiger partial charge on any atom is -0.444 e. The third-order valence-electron chi connectivity index (χ3n) is 4.06. The quantitative estimate of drug-likeness (QED) is 0.781. The Kier molecular flexibility index (Phi) is 5.75. The Morgan fingerprint density at radius 2 is 1.78 bits per heavy atom. The lowest BCUT2D eigenvalue weighted by atomic mass is 10.0. The second-order valence-electron chi connectivity index (χ2n) is 7.41. The Hall–Kier alpha value is -2.47. The summed E-state index contributed by atoms with van der Waals surface area (Å²) in [5.41, 5.74) is 1.75. The Morgan fingerprint density at radius 1 is 1.07 bits per heavy atom. The van der Waals surface area contributed by atoms with Crippen LogP contribution in [0.2, 0.25) is 0 Å². The van der Waals surface area contributed by atoms with Gasteiger partial charge in [-0.3, -0.25) is 10.1 Å². The average Bonchev–Trinajstić information content (AvgIpc) is 2.61. The number of carbonyl (C=O) groups excluding carboxylic acids is 2. The maximum Gasteiger partial charge on any atom is 0.412 e. The van der Waals surface area contributed by atoms with E-state index in [0.29, 0.717) is 11.3 Å². The Morgan fingerprint density at radius 3 is 2.48 bits per heavy atom. The molecule has 2 aromatic rings. The number of ether oxygens (including phenoxy) is 1. The second-order valence-corrected chi connectivity index (χ2v) is 8.54. The number of amides is 2. The fourth-order valence-corrected chi connectivity index (χ4v) is 3.99. The molecule has 6 heteroatoms. The molecule has 1 unspecified atom stereocenters. The van der Waals surface area contributed by atoms with Gasteiger partial charge in [-0.05, 0) is 63.1 Å². The molecular weight excluding hydrogens is 360 g/mol. The number of carbonyl (C=O) groups is 2. The zero-order chi connectivity index (χ0) is 19.4. The van der Waals surface area contributed by atoms with Gasteiger partial charge in [0.2, 0.25) is 0 Å². The monoisotopic (exact) mass is 384 g/mol. The summed E-state index contributed by atoms with van der Waals surface area (Å²) in [6.45, 7) is 5.42. The van der Waals surface area contributed by atoms with Crippen molar-refractivity contribution in [1.29, 1.82) is 0 Å². The first-order chi connectivity index (χ1) is 12.8. The first-order valence-electron chi connectivity index (χ1n) is 8.94. The summed E-state index contributed by atoms with van der Waals surface area (Å²) in [5.74, 6) is 0.867. The molecule has 5 nitrogen and oxygen atoms in total. The number of nitrogens with one attached hydrogen (secondary N) is 2. The molecule has 1 atom stereocenters. The van der Waals surface area contributed by atoms with Gasteiger partial charge in [-0.15, -0.1) is 11.8 Å². The summed E-state index contributed by atoms with van der Waals surface area (Å²) >= 11 is 1.82. The molecule has 1 aliphatic rings. The fraction of sp³-hybridized carbons (Fsp3) is 0.333. The van der Waals surface area contributed by atoms with Crippen molar-refractivity contribution in [3.63, 3.8) is 0 Å². The van der Waals surface area contributed by atoms with Crippen LogP contribution in [-0.4, -0.2) is 23.4 Å². The van der Waals surface area contributed by atoms with Crippen LogP contribution in [0.15, 0.2) is 53.4 Å². The van der Waals surface area contributed by atoms with Crippen molar-refractivity contribution >= 4 is 29.4 Å². The Bertz CT molecular complexity index is 828. The first kappa shape index (κ1) is 19.3. The summed E-state index contributed by atoms with van der Waals surface area (Å²) in [5, 5.41) is 5.78. The van der Waals surface area contributed by atoms with Gasteiger partial charge in [-0.2, -0.15) is 0 Å². The lowest BCUT2D eigenvalue weighted by Gasteiger charge is -2.26. The van der Waals surface area contributed by atoms with Gasteiger partial charge in [0.15, 0.2) is 0 Å². The van der Waals surface area contributed by atoms with E-state index in [9.17, 15) is 9.59 Å². The molecule has 0 aliphatic carbocycles. The normalized spacial score (nSPS) is 16.2. The molecule has 0 aromatic heterocycles. The third kappa shape index (κ3) is 5.26. The summed E-state index contributed by atoms with van der Waals surface area (Å²) in [4.78, 5) is 25.7.